The number of benzene rings is 2. The van der Waals surface area contributed by atoms with Gasteiger partial charge in [-0.05, 0) is 44.0 Å². The Morgan fingerprint density at radius 2 is 1.95 bits per heavy atom. The van der Waals surface area contributed by atoms with Crippen LogP contribution in [0.15, 0.2) is 42.5 Å². The molecule has 0 bridgehead atoms. The first-order valence-electron chi connectivity index (χ1n) is 7.21. The van der Waals surface area contributed by atoms with E-state index in [-0.39, 0.29) is 24.3 Å². The second kappa shape index (κ2) is 7.07. The van der Waals surface area contributed by atoms with Crippen molar-refractivity contribution in [1.29, 1.82) is 0 Å². The summed E-state index contributed by atoms with van der Waals surface area (Å²) >= 11 is 0. The molecular formula is C18H20FNO2. The van der Waals surface area contributed by atoms with Crippen molar-refractivity contribution in [3.05, 3.63) is 65.0 Å². The van der Waals surface area contributed by atoms with Crippen LogP contribution in [0.3, 0.4) is 0 Å². The summed E-state index contributed by atoms with van der Waals surface area (Å²) in [5.41, 5.74) is 3.37. The average molecular weight is 301 g/mol. The molecule has 0 unspecified atom stereocenters. The highest BCUT2D eigenvalue weighted by molar-refractivity contribution is 5.78. The van der Waals surface area contributed by atoms with Gasteiger partial charge in [-0.25, -0.2) is 4.39 Å². The van der Waals surface area contributed by atoms with Gasteiger partial charge in [-0.1, -0.05) is 35.9 Å². The highest BCUT2D eigenvalue weighted by Crippen LogP contribution is 2.19. The molecule has 0 aromatic heterocycles. The monoisotopic (exact) mass is 301 g/mol. The Morgan fingerprint density at radius 3 is 2.64 bits per heavy atom. The van der Waals surface area contributed by atoms with Gasteiger partial charge < -0.3 is 10.1 Å². The maximum atomic E-state index is 13.4. The van der Waals surface area contributed by atoms with E-state index in [4.69, 9.17) is 4.74 Å². The molecule has 22 heavy (non-hydrogen) atoms. The second-order valence-electron chi connectivity index (χ2n) is 5.37. The lowest BCUT2D eigenvalue weighted by atomic mass is 10.0. The van der Waals surface area contributed by atoms with Crippen molar-refractivity contribution in [3.8, 4) is 5.75 Å². The molecule has 1 N–H and O–H groups in total. The minimum absolute atomic E-state index is 0.0804. The number of halogens is 1. The molecule has 0 radical (unpaired) electrons. The molecular weight excluding hydrogens is 281 g/mol. The molecule has 1 atom stereocenters. The van der Waals surface area contributed by atoms with E-state index in [1.165, 1.54) is 17.7 Å². The van der Waals surface area contributed by atoms with Crippen LogP contribution in [0.4, 0.5) is 4.39 Å². The van der Waals surface area contributed by atoms with Gasteiger partial charge in [-0.3, -0.25) is 4.79 Å². The summed E-state index contributed by atoms with van der Waals surface area (Å²) in [6.07, 6.45) is 0. The Bertz CT molecular complexity index is 670. The molecule has 0 aliphatic carbocycles. The summed E-state index contributed by atoms with van der Waals surface area (Å²) in [6, 6.07) is 12.0. The number of aryl methyl sites for hydroxylation is 2. The van der Waals surface area contributed by atoms with Gasteiger partial charge in [-0.2, -0.15) is 0 Å². The van der Waals surface area contributed by atoms with Crippen LogP contribution in [0.25, 0.3) is 0 Å². The van der Waals surface area contributed by atoms with Gasteiger partial charge in [0.25, 0.3) is 5.91 Å². The predicted octanol–water partition coefficient (Wildman–Crippen LogP) is 3.70. The second-order valence-corrected chi connectivity index (χ2v) is 5.37. The molecule has 3 nitrogen and oxygen atoms in total. The molecule has 0 fully saturated rings. The van der Waals surface area contributed by atoms with Crippen LogP contribution in [0.1, 0.15) is 29.7 Å². The normalized spacial score (nSPS) is 11.8. The minimum Gasteiger partial charge on any atom is -0.481 e. The Kier molecular flexibility index (Phi) is 5.15. The number of rotatable bonds is 5. The number of carbonyl (C=O) groups excluding carboxylic acids is 1. The van der Waals surface area contributed by atoms with Crippen LogP contribution in [0.2, 0.25) is 0 Å². The van der Waals surface area contributed by atoms with Crippen molar-refractivity contribution in [3.63, 3.8) is 0 Å². The summed E-state index contributed by atoms with van der Waals surface area (Å²) in [5, 5.41) is 2.86. The van der Waals surface area contributed by atoms with E-state index in [1.807, 2.05) is 32.9 Å². The smallest absolute Gasteiger partial charge is 0.258 e. The van der Waals surface area contributed by atoms with Crippen molar-refractivity contribution in [2.75, 3.05) is 6.61 Å². The van der Waals surface area contributed by atoms with E-state index in [0.717, 1.165) is 11.1 Å². The van der Waals surface area contributed by atoms with Gasteiger partial charge in [-0.15, -0.1) is 0 Å². The van der Waals surface area contributed by atoms with Crippen LogP contribution in [-0.2, 0) is 4.79 Å². The van der Waals surface area contributed by atoms with E-state index in [9.17, 15) is 9.18 Å². The van der Waals surface area contributed by atoms with Gasteiger partial charge in [0.15, 0.2) is 18.2 Å². The van der Waals surface area contributed by atoms with Crippen molar-refractivity contribution in [2.24, 2.45) is 0 Å². The summed E-state index contributed by atoms with van der Waals surface area (Å²) in [5.74, 6) is -0.676. The van der Waals surface area contributed by atoms with Crippen molar-refractivity contribution >= 4 is 5.91 Å². The van der Waals surface area contributed by atoms with Crippen molar-refractivity contribution in [2.45, 2.75) is 26.8 Å². The van der Waals surface area contributed by atoms with E-state index in [2.05, 4.69) is 11.4 Å². The molecule has 116 valence electrons. The van der Waals surface area contributed by atoms with E-state index < -0.39 is 5.82 Å². The molecule has 0 saturated heterocycles. The molecule has 0 spiro atoms. The number of hydrogen-bond donors (Lipinski definition) is 1. The molecule has 0 aliphatic heterocycles. The zero-order valence-electron chi connectivity index (χ0n) is 13.0. The minimum atomic E-state index is -0.474. The summed E-state index contributed by atoms with van der Waals surface area (Å²) in [7, 11) is 0. The topological polar surface area (TPSA) is 38.3 Å². The molecule has 2 aromatic rings. The molecule has 4 heteroatoms. The van der Waals surface area contributed by atoms with Gasteiger partial charge in [0.05, 0.1) is 6.04 Å². The molecule has 0 saturated carbocycles. The molecule has 2 aromatic carbocycles. The van der Waals surface area contributed by atoms with Crippen LogP contribution in [-0.4, -0.2) is 12.5 Å². The first-order chi connectivity index (χ1) is 10.5. The maximum absolute atomic E-state index is 13.4. The number of ether oxygens (including phenoxy) is 1. The lowest BCUT2D eigenvalue weighted by Gasteiger charge is -2.17. The lowest BCUT2D eigenvalue weighted by Crippen LogP contribution is -2.31. The molecule has 0 aliphatic rings. The van der Waals surface area contributed by atoms with E-state index in [1.54, 1.807) is 12.1 Å². The quantitative estimate of drug-likeness (QED) is 0.914. The first kappa shape index (κ1) is 16.0. The summed E-state index contributed by atoms with van der Waals surface area (Å²) in [4.78, 5) is 11.9. The fourth-order valence-electron chi connectivity index (χ4n) is 2.38. The van der Waals surface area contributed by atoms with Gasteiger partial charge in [0.1, 0.15) is 0 Å². The average Bonchev–Trinajstić information content (AvgIpc) is 2.46. The maximum Gasteiger partial charge on any atom is 0.258 e. The molecule has 1 amide bonds. The Labute approximate surface area is 130 Å². The fraction of sp³-hybridized carbons (Fsp3) is 0.278. The number of para-hydroxylation sites is 1. The molecule has 2 rings (SSSR count). The Hall–Kier alpha value is -2.36. The Balaban J connectivity index is 1.93. The summed E-state index contributed by atoms with van der Waals surface area (Å²) < 4.78 is 18.6. The highest BCUT2D eigenvalue weighted by atomic mass is 19.1. The third-order valence-corrected chi connectivity index (χ3v) is 3.46. The third-order valence-electron chi connectivity index (χ3n) is 3.46. The zero-order valence-corrected chi connectivity index (χ0v) is 13.0. The highest BCUT2D eigenvalue weighted by Gasteiger charge is 2.13. The summed E-state index contributed by atoms with van der Waals surface area (Å²) in [6.45, 7) is 5.75. The molecule has 0 heterocycles. The van der Waals surface area contributed by atoms with Gasteiger partial charge in [0.2, 0.25) is 0 Å². The number of nitrogens with one attached hydrogen (secondary N) is 1. The lowest BCUT2D eigenvalue weighted by molar-refractivity contribution is -0.123. The SMILES string of the molecule is Cc1ccc([C@H](C)NC(=O)COc2ccccc2F)c(C)c1. The third kappa shape index (κ3) is 4.07. The first-order valence-corrected chi connectivity index (χ1v) is 7.21. The number of hydrogen-bond acceptors (Lipinski definition) is 2. The van der Waals surface area contributed by atoms with Crippen LogP contribution in [0, 0.1) is 19.7 Å². The Morgan fingerprint density at radius 1 is 1.23 bits per heavy atom. The van der Waals surface area contributed by atoms with Crippen LogP contribution in [0.5, 0.6) is 5.75 Å². The van der Waals surface area contributed by atoms with E-state index in [0.29, 0.717) is 0 Å². The van der Waals surface area contributed by atoms with Crippen molar-refractivity contribution in [1.82, 2.24) is 5.32 Å². The van der Waals surface area contributed by atoms with Gasteiger partial charge >= 0.3 is 0 Å². The van der Waals surface area contributed by atoms with Crippen LogP contribution < -0.4 is 10.1 Å². The fourth-order valence-corrected chi connectivity index (χ4v) is 2.38. The standard InChI is InChI=1S/C18H20FNO2/c1-12-8-9-15(13(2)10-12)14(3)20-18(21)11-22-17-7-5-4-6-16(17)19/h4-10,14H,11H2,1-3H3,(H,20,21)/t14-/m0/s1. The predicted molar refractivity (Wildman–Crippen MR) is 84.4 cm³/mol. The van der Waals surface area contributed by atoms with Crippen LogP contribution >= 0.6 is 0 Å². The van der Waals surface area contributed by atoms with Gasteiger partial charge in [0, 0.05) is 0 Å². The zero-order chi connectivity index (χ0) is 16.1. The van der Waals surface area contributed by atoms with E-state index >= 15 is 0 Å². The number of amides is 1. The number of carbonyl (C=O) groups is 1. The largest absolute Gasteiger partial charge is 0.481 e. The van der Waals surface area contributed by atoms with Crippen molar-refractivity contribution < 1.29 is 13.9 Å².